The summed E-state index contributed by atoms with van der Waals surface area (Å²) in [7, 11) is 0. The van der Waals surface area contributed by atoms with Crippen LogP contribution in [0.25, 0.3) is 0 Å². The van der Waals surface area contributed by atoms with Crippen LogP contribution in [-0.2, 0) is 9.53 Å². The predicted octanol–water partition coefficient (Wildman–Crippen LogP) is 1.10. The van der Waals surface area contributed by atoms with Crippen LogP contribution < -0.4 is 5.73 Å². The Bertz CT molecular complexity index is 236. The second kappa shape index (κ2) is 5.25. The summed E-state index contributed by atoms with van der Waals surface area (Å²) in [6.45, 7) is 10.5. The zero-order valence-electron chi connectivity index (χ0n) is 11.2. The third-order valence-electron chi connectivity index (χ3n) is 2.41. The minimum absolute atomic E-state index is 0.0412. The summed E-state index contributed by atoms with van der Waals surface area (Å²) in [5, 5.41) is 9.72. The minimum Gasteiger partial charge on any atom is -0.383 e. The largest absolute Gasteiger partial charge is 0.383 e. The molecule has 0 heterocycles. The molecule has 3 N–H and O–H groups in total. The first-order valence-corrected chi connectivity index (χ1v) is 5.63. The molecule has 0 aliphatic heterocycles. The van der Waals surface area contributed by atoms with Crippen LogP contribution >= 0.6 is 0 Å². The van der Waals surface area contributed by atoms with E-state index in [-0.39, 0.29) is 18.5 Å². The maximum absolute atomic E-state index is 12.0. The van der Waals surface area contributed by atoms with E-state index in [9.17, 15) is 9.90 Å². The molecule has 0 bridgehead atoms. The maximum Gasteiger partial charge on any atom is 0.170 e. The van der Waals surface area contributed by atoms with Gasteiger partial charge in [0.25, 0.3) is 0 Å². The Kier molecular flexibility index (Phi) is 5.11. The van der Waals surface area contributed by atoms with Crippen molar-refractivity contribution in [1.82, 2.24) is 0 Å². The normalized spacial score (nSPS) is 15.3. The van der Waals surface area contributed by atoms with E-state index >= 15 is 0 Å². The van der Waals surface area contributed by atoms with Gasteiger partial charge in [0, 0.05) is 5.54 Å². The van der Waals surface area contributed by atoms with Gasteiger partial charge in [-0.25, -0.2) is 0 Å². The lowest BCUT2D eigenvalue weighted by molar-refractivity contribution is -0.143. The summed E-state index contributed by atoms with van der Waals surface area (Å²) >= 11 is 0. The third kappa shape index (κ3) is 5.05. The van der Waals surface area contributed by atoms with E-state index in [1.165, 1.54) is 13.8 Å². The number of rotatable bonds is 6. The van der Waals surface area contributed by atoms with Crippen LogP contribution in [0.15, 0.2) is 0 Å². The van der Waals surface area contributed by atoms with Gasteiger partial charge in [-0.05, 0) is 41.5 Å². The number of aliphatic hydroxyl groups is 1. The fourth-order valence-electron chi connectivity index (χ4n) is 1.34. The van der Waals surface area contributed by atoms with Gasteiger partial charge >= 0.3 is 0 Å². The van der Waals surface area contributed by atoms with Gasteiger partial charge in [-0.3, -0.25) is 4.79 Å². The monoisotopic (exact) mass is 231 g/mol. The van der Waals surface area contributed by atoms with Gasteiger partial charge in [-0.15, -0.1) is 0 Å². The van der Waals surface area contributed by atoms with E-state index < -0.39 is 17.1 Å². The summed E-state index contributed by atoms with van der Waals surface area (Å²) in [4.78, 5) is 12.0. The van der Waals surface area contributed by atoms with Crippen molar-refractivity contribution in [2.24, 2.45) is 11.7 Å². The summed E-state index contributed by atoms with van der Waals surface area (Å²) < 4.78 is 5.43. The molecule has 1 atom stereocenters. The molecular weight excluding hydrogens is 206 g/mol. The number of carbonyl (C=O) groups excluding carboxylic acids is 1. The Balaban J connectivity index is 4.76. The molecule has 0 amide bonds. The molecule has 0 radical (unpaired) electrons. The van der Waals surface area contributed by atoms with E-state index in [1.54, 1.807) is 13.8 Å². The molecule has 0 aromatic rings. The Hall–Kier alpha value is -0.450. The van der Waals surface area contributed by atoms with E-state index in [0.717, 1.165) is 0 Å². The lowest BCUT2D eigenvalue weighted by Crippen LogP contribution is -2.53. The summed E-state index contributed by atoms with van der Waals surface area (Å²) in [5.74, 6) is -0.782. The number of nitrogens with two attached hydrogens (primary N) is 1. The standard InChI is InChI=1S/C12H25NO3/c1-8(2)16-7-9(11(3,4)13)10(14)12(5,6)15/h8-9,15H,7,13H2,1-6H3/t9-/m0/s1. The molecule has 0 fully saturated rings. The quantitative estimate of drug-likeness (QED) is 0.718. The maximum atomic E-state index is 12.0. The van der Waals surface area contributed by atoms with Crippen molar-refractivity contribution >= 4 is 5.78 Å². The Labute approximate surface area is 98.2 Å². The van der Waals surface area contributed by atoms with Crippen LogP contribution in [0, 0.1) is 5.92 Å². The van der Waals surface area contributed by atoms with Crippen molar-refractivity contribution in [3.63, 3.8) is 0 Å². The first kappa shape index (κ1) is 15.6. The average Bonchev–Trinajstić information content (AvgIpc) is 1.99. The lowest BCUT2D eigenvalue weighted by Gasteiger charge is -2.33. The summed E-state index contributed by atoms with van der Waals surface area (Å²) in [5.41, 5.74) is 3.88. The van der Waals surface area contributed by atoms with Gasteiger partial charge in [0.15, 0.2) is 5.78 Å². The van der Waals surface area contributed by atoms with Crippen molar-refractivity contribution in [2.45, 2.75) is 58.8 Å². The predicted molar refractivity (Wildman–Crippen MR) is 64.1 cm³/mol. The fourth-order valence-corrected chi connectivity index (χ4v) is 1.34. The van der Waals surface area contributed by atoms with E-state index in [4.69, 9.17) is 10.5 Å². The highest BCUT2D eigenvalue weighted by molar-refractivity contribution is 5.89. The highest BCUT2D eigenvalue weighted by Crippen LogP contribution is 2.22. The molecular formula is C12H25NO3. The second-order valence-electron chi connectivity index (χ2n) is 5.68. The zero-order chi connectivity index (χ0) is 13.1. The van der Waals surface area contributed by atoms with Gasteiger partial charge in [0.1, 0.15) is 5.60 Å². The van der Waals surface area contributed by atoms with E-state index in [2.05, 4.69) is 0 Å². The molecule has 96 valence electrons. The smallest absolute Gasteiger partial charge is 0.170 e. The van der Waals surface area contributed by atoms with Gasteiger partial charge < -0.3 is 15.6 Å². The zero-order valence-corrected chi connectivity index (χ0v) is 11.2. The van der Waals surface area contributed by atoms with Crippen LogP contribution in [0.1, 0.15) is 41.5 Å². The number of hydrogen-bond acceptors (Lipinski definition) is 4. The van der Waals surface area contributed by atoms with Crippen LogP contribution in [0.2, 0.25) is 0 Å². The van der Waals surface area contributed by atoms with Crippen LogP contribution in [-0.4, -0.2) is 34.7 Å². The molecule has 4 heteroatoms. The van der Waals surface area contributed by atoms with Gasteiger partial charge in [0.05, 0.1) is 18.6 Å². The number of ether oxygens (including phenoxy) is 1. The number of Topliss-reactive ketones (excluding diaryl/α,β-unsaturated/α-hetero) is 1. The van der Waals surface area contributed by atoms with Crippen molar-refractivity contribution in [3.8, 4) is 0 Å². The second-order valence-corrected chi connectivity index (χ2v) is 5.68. The molecule has 0 unspecified atom stereocenters. The Morgan fingerprint density at radius 1 is 1.31 bits per heavy atom. The molecule has 0 saturated carbocycles. The van der Waals surface area contributed by atoms with Crippen molar-refractivity contribution < 1.29 is 14.6 Å². The number of hydrogen-bond donors (Lipinski definition) is 2. The molecule has 4 nitrogen and oxygen atoms in total. The minimum atomic E-state index is -1.37. The molecule has 0 rings (SSSR count). The van der Waals surface area contributed by atoms with Crippen molar-refractivity contribution in [3.05, 3.63) is 0 Å². The number of ketones is 1. The van der Waals surface area contributed by atoms with Gasteiger partial charge in [-0.2, -0.15) is 0 Å². The molecule has 0 saturated heterocycles. The highest BCUT2D eigenvalue weighted by atomic mass is 16.5. The Morgan fingerprint density at radius 2 is 1.75 bits per heavy atom. The molecule has 0 aromatic carbocycles. The van der Waals surface area contributed by atoms with Crippen molar-refractivity contribution in [2.75, 3.05) is 6.61 Å². The van der Waals surface area contributed by atoms with Crippen LogP contribution in [0.4, 0.5) is 0 Å². The topological polar surface area (TPSA) is 72.5 Å². The summed E-state index contributed by atoms with van der Waals surface area (Å²) in [6, 6.07) is 0. The SMILES string of the molecule is CC(C)OC[C@@H](C(=O)C(C)(C)O)C(C)(C)N. The first-order valence-electron chi connectivity index (χ1n) is 5.63. The molecule has 0 aliphatic rings. The average molecular weight is 231 g/mol. The molecule has 0 aromatic heterocycles. The lowest BCUT2D eigenvalue weighted by atomic mass is 9.80. The first-order chi connectivity index (χ1) is 6.96. The molecule has 16 heavy (non-hydrogen) atoms. The summed E-state index contributed by atoms with van der Waals surface area (Å²) in [6.07, 6.45) is 0.0412. The molecule has 0 aliphatic carbocycles. The molecule has 0 spiro atoms. The highest BCUT2D eigenvalue weighted by Gasteiger charge is 2.39. The van der Waals surface area contributed by atoms with Crippen LogP contribution in [0.3, 0.4) is 0 Å². The fraction of sp³-hybridized carbons (Fsp3) is 0.917. The number of carbonyl (C=O) groups is 1. The Morgan fingerprint density at radius 3 is 2.00 bits per heavy atom. The van der Waals surface area contributed by atoms with E-state index in [1.807, 2.05) is 13.8 Å². The van der Waals surface area contributed by atoms with Gasteiger partial charge in [-0.1, -0.05) is 0 Å². The third-order valence-corrected chi connectivity index (χ3v) is 2.41. The van der Waals surface area contributed by atoms with Crippen LogP contribution in [0.5, 0.6) is 0 Å². The van der Waals surface area contributed by atoms with E-state index in [0.29, 0.717) is 0 Å². The van der Waals surface area contributed by atoms with Crippen molar-refractivity contribution in [1.29, 1.82) is 0 Å². The van der Waals surface area contributed by atoms with Gasteiger partial charge in [0.2, 0.25) is 0 Å².